The summed E-state index contributed by atoms with van der Waals surface area (Å²) in [7, 11) is 1.63. The van der Waals surface area contributed by atoms with Gasteiger partial charge in [-0.25, -0.2) is 0 Å². The summed E-state index contributed by atoms with van der Waals surface area (Å²) in [5.74, 6) is 1.34. The molecule has 6 heteroatoms. The number of hydrogen-bond acceptors (Lipinski definition) is 5. The monoisotopic (exact) mass is 360 g/mol. The minimum Gasteiger partial charge on any atom is -0.493 e. The second-order valence-electron chi connectivity index (χ2n) is 5.60. The number of hydrazone groups is 1. The summed E-state index contributed by atoms with van der Waals surface area (Å²) in [5.41, 5.74) is 1.89. The quantitative estimate of drug-likeness (QED) is 0.738. The molecule has 0 spiro atoms. The Morgan fingerprint density at radius 3 is 2.72 bits per heavy atom. The number of halogens is 1. The van der Waals surface area contributed by atoms with Crippen LogP contribution in [0.4, 0.5) is 0 Å². The number of ether oxygens (including phenoxy) is 3. The maximum atomic E-state index is 6.16. The van der Waals surface area contributed by atoms with E-state index in [-0.39, 0.29) is 0 Å². The van der Waals surface area contributed by atoms with Crippen molar-refractivity contribution in [1.29, 1.82) is 0 Å². The van der Waals surface area contributed by atoms with E-state index >= 15 is 0 Å². The summed E-state index contributed by atoms with van der Waals surface area (Å²) in [6, 6.07) is 13.4. The Hall–Kier alpha value is -2.24. The molecule has 1 aliphatic rings. The topological polar surface area (TPSA) is 43.3 Å². The second-order valence-corrected chi connectivity index (χ2v) is 6.01. The largest absolute Gasteiger partial charge is 0.493 e. The van der Waals surface area contributed by atoms with Crippen molar-refractivity contribution >= 4 is 17.8 Å². The Bertz CT molecular complexity index is 730. The van der Waals surface area contributed by atoms with Crippen LogP contribution in [0.5, 0.6) is 11.5 Å². The van der Waals surface area contributed by atoms with E-state index < -0.39 is 0 Å². The highest BCUT2D eigenvalue weighted by molar-refractivity contribution is 6.31. The molecule has 0 radical (unpaired) electrons. The van der Waals surface area contributed by atoms with Crippen LogP contribution in [0.2, 0.25) is 5.02 Å². The van der Waals surface area contributed by atoms with Crippen molar-refractivity contribution in [2.75, 3.05) is 33.4 Å². The maximum Gasteiger partial charge on any atom is 0.161 e. The van der Waals surface area contributed by atoms with Gasteiger partial charge < -0.3 is 14.2 Å². The van der Waals surface area contributed by atoms with E-state index in [0.29, 0.717) is 23.1 Å². The molecule has 1 saturated heterocycles. The first kappa shape index (κ1) is 17.6. The predicted molar refractivity (Wildman–Crippen MR) is 98.8 cm³/mol. The highest BCUT2D eigenvalue weighted by Gasteiger charge is 2.09. The first-order chi connectivity index (χ1) is 12.3. The van der Waals surface area contributed by atoms with Crippen molar-refractivity contribution in [3.05, 3.63) is 58.6 Å². The zero-order valence-corrected chi connectivity index (χ0v) is 14.9. The van der Waals surface area contributed by atoms with Crippen LogP contribution in [0.1, 0.15) is 11.1 Å². The molecule has 2 aromatic rings. The Labute approximate surface area is 152 Å². The lowest BCUT2D eigenvalue weighted by molar-refractivity contribution is 0.0397. The number of benzene rings is 2. The molecule has 1 heterocycles. The van der Waals surface area contributed by atoms with Gasteiger partial charge in [-0.2, -0.15) is 5.10 Å². The van der Waals surface area contributed by atoms with E-state index in [9.17, 15) is 0 Å². The molecule has 2 aromatic carbocycles. The molecule has 5 nitrogen and oxygen atoms in total. The van der Waals surface area contributed by atoms with Gasteiger partial charge in [0.2, 0.25) is 0 Å². The van der Waals surface area contributed by atoms with Gasteiger partial charge in [-0.3, -0.25) is 5.01 Å². The first-order valence-electron chi connectivity index (χ1n) is 8.17. The molecule has 132 valence electrons. The lowest BCUT2D eigenvalue weighted by Crippen LogP contribution is -2.32. The van der Waals surface area contributed by atoms with E-state index in [0.717, 1.165) is 37.4 Å². The Morgan fingerprint density at radius 2 is 1.96 bits per heavy atom. The highest BCUT2D eigenvalue weighted by atomic mass is 35.5. The minimum atomic E-state index is 0.386. The highest BCUT2D eigenvalue weighted by Crippen LogP contribution is 2.29. The summed E-state index contributed by atoms with van der Waals surface area (Å²) >= 11 is 6.16. The first-order valence-corrected chi connectivity index (χ1v) is 8.55. The van der Waals surface area contributed by atoms with Crippen LogP contribution in [0.15, 0.2) is 47.6 Å². The van der Waals surface area contributed by atoms with Crippen LogP contribution in [0.25, 0.3) is 0 Å². The van der Waals surface area contributed by atoms with Crippen LogP contribution in [-0.2, 0) is 11.3 Å². The van der Waals surface area contributed by atoms with Crippen LogP contribution >= 0.6 is 11.6 Å². The van der Waals surface area contributed by atoms with Gasteiger partial charge in [-0.05, 0) is 29.8 Å². The average Bonchev–Trinajstić information content (AvgIpc) is 2.67. The third kappa shape index (κ3) is 4.87. The third-order valence-corrected chi connectivity index (χ3v) is 4.26. The van der Waals surface area contributed by atoms with Crippen LogP contribution in [-0.4, -0.2) is 44.6 Å². The molecule has 0 aliphatic carbocycles. The molecule has 1 aliphatic heterocycles. The molecule has 0 aromatic heterocycles. The summed E-state index contributed by atoms with van der Waals surface area (Å²) in [5, 5.41) is 7.17. The molecule has 3 rings (SSSR count). The van der Waals surface area contributed by atoms with Crippen LogP contribution in [0.3, 0.4) is 0 Å². The Kier molecular flexibility index (Phi) is 6.14. The second kappa shape index (κ2) is 8.74. The van der Waals surface area contributed by atoms with Crippen molar-refractivity contribution < 1.29 is 14.2 Å². The number of nitrogens with zero attached hydrogens (tertiary/aromatic N) is 2. The van der Waals surface area contributed by atoms with Gasteiger partial charge in [0, 0.05) is 10.6 Å². The molecule has 0 saturated carbocycles. The van der Waals surface area contributed by atoms with Gasteiger partial charge in [0.25, 0.3) is 0 Å². The lowest BCUT2D eigenvalue weighted by atomic mass is 10.2. The standard InChI is InChI=1S/C19H21ClN2O3/c1-23-19-12-15(13-21-22-8-10-24-11-9-22)6-7-18(19)25-14-16-4-2-3-5-17(16)20/h2-7,12-13H,8-11,14H2,1H3/b21-13-. The summed E-state index contributed by atoms with van der Waals surface area (Å²) in [6.45, 7) is 3.45. The molecule has 0 unspecified atom stereocenters. The van der Waals surface area contributed by atoms with Crippen molar-refractivity contribution in [3.63, 3.8) is 0 Å². The van der Waals surface area contributed by atoms with Gasteiger partial charge in [0.15, 0.2) is 11.5 Å². The van der Waals surface area contributed by atoms with E-state index in [1.165, 1.54) is 0 Å². The Balaban J connectivity index is 1.66. The third-order valence-electron chi connectivity index (χ3n) is 3.89. The molecule has 25 heavy (non-hydrogen) atoms. The van der Waals surface area contributed by atoms with Crippen molar-refractivity contribution in [1.82, 2.24) is 5.01 Å². The predicted octanol–water partition coefficient (Wildman–Crippen LogP) is 3.59. The van der Waals surface area contributed by atoms with Crippen molar-refractivity contribution in [2.24, 2.45) is 5.10 Å². The number of morpholine rings is 1. The molecule has 0 N–H and O–H groups in total. The summed E-state index contributed by atoms with van der Waals surface area (Å²) in [6.07, 6.45) is 1.83. The van der Waals surface area contributed by atoms with E-state index in [4.69, 9.17) is 25.8 Å². The Morgan fingerprint density at radius 1 is 1.16 bits per heavy atom. The molecule has 1 fully saturated rings. The maximum absolute atomic E-state index is 6.16. The fraction of sp³-hybridized carbons (Fsp3) is 0.316. The fourth-order valence-electron chi connectivity index (χ4n) is 2.47. The normalized spacial score (nSPS) is 14.7. The molecular weight excluding hydrogens is 340 g/mol. The van der Waals surface area contributed by atoms with Gasteiger partial charge >= 0.3 is 0 Å². The number of methoxy groups -OCH3 is 1. The number of hydrogen-bond donors (Lipinski definition) is 0. The number of rotatable bonds is 6. The molecule has 0 amide bonds. The van der Waals surface area contributed by atoms with Gasteiger partial charge in [-0.15, -0.1) is 0 Å². The minimum absolute atomic E-state index is 0.386. The van der Waals surface area contributed by atoms with E-state index in [1.54, 1.807) is 7.11 Å². The average molecular weight is 361 g/mol. The van der Waals surface area contributed by atoms with Crippen LogP contribution in [0, 0.1) is 0 Å². The zero-order chi connectivity index (χ0) is 17.5. The summed E-state index contributed by atoms with van der Waals surface area (Å²) < 4.78 is 16.6. The zero-order valence-electron chi connectivity index (χ0n) is 14.2. The summed E-state index contributed by atoms with van der Waals surface area (Å²) in [4.78, 5) is 0. The van der Waals surface area contributed by atoms with Crippen LogP contribution < -0.4 is 9.47 Å². The van der Waals surface area contributed by atoms with E-state index in [2.05, 4.69) is 5.10 Å². The van der Waals surface area contributed by atoms with Gasteiger partial charge in [0.1, 0.15) is 6.61 Å². The molecule has 0 atom stereocenters. The lowest BCUT2D eigenvalue weighted by Gasteiger charge is -2.23. The molecule has 0 bridgehead atoms. The van der Waals surface area contributed by atoms with Gasteiger partial charge in [0.05, 0.1) is 39.6 Å². The fourth-order valence-corrected chi connectivity index (χ4v) is 2.66. The smallest absolute Gasteiger partial charge is 0.161 e. The SMILES string of the molecule is COc1cc(/C=N\N2CCOCC2)ccc1OCc1ccccc1Cl. The molecular formula is C19H21ClN2O3. The van der Waals surface area contributed by atoms with Crippen molar-refractivity contribution in [3.8, 4) is 11.5 Å². The van der Waals surface area contributed by atoms with E-state index in [1.807, 2.05) is 53.7 Å². The van der Waals surface area contributed by atoms with Gasteiger partial charge in [-0.1, -0.05) is 29.8 Å². The van der Waals surface area contributed by atoms with Crippen molar-refractivity contribution in [2.45, 2.75) is 6.61 Å².